The van der Waals surface area contributed by atoms with Gasteiger partial charge in [-0.25, -0.2) is 4.79 Å². The van der Waals surface area contributed by atoms with Gasteiger partial charge in [0.15, 0.2) is 0 Å². The van der Waals surface area contributed by atoms with E-state index in [1.54, 1.807) is 11.3 Å². The number of fused-ring (bicyclic) bond motifs is 5. The van der Waals surface area contributed by atoms with Crippen LogP contribution in [0.2, 0.25) is 0 Å². The summed E-state index contributed by atoms with van der Waals surface area (Å²) < 4.78 is 8.64. The van der Waals surface area contributed by atoms with E-state index in [1.807, 2.05) is 23.5 Å². The quantitative estimate of drug-likeness (QED) is 0.527. The molecule has 0 saturated carbocycles. The van der Waals surface area contributed by atoms with Crippen molar-refractivity contribution in [2.45, 2.75) is 39.7 Å². The lowest BCUT2D eigenvalue weighted by atomic mass is 9.76. The minimum Gasteiger partial charge on any atom is -0.422 e. The molecule has 126 valence electrons. The summed E-state index contributed by atoms with van der Waals surface area (Å²) in [5.74, 6) is 0. The third kappa shape index (κ3) is 2.59. The van der Waals surface area contributed by atoms with Crippen molar-refractivity contribution < 1.29 is 4.42 Å². The van der Waals surface area contributed by atoms with Crippen LogP contribution in [0.3, 0.4) is 0 Å². The molecule has 5 heteroatoms. The first-order chi connectivity index (χ1) is 11.4. The molecule has 1 aromatic carbocycles. The Morgan fingerprint density at radius 1 is 1.33 bits per heavy atom. The van der Waals surface area contributed by atoms with Gasteiger partial charge in [-0.3, -0.25) is 4.31 Å². The van der Waals surface area contributed by atoms with E-state index < -0.39 is 0 Å². The number of nitrogens with zero attached hydrogens (tertiary/aromatic N) is 1. The molecule has 0 unspecified atom stereocenters. The zero-order valence-corrected chi connectivity index (χ0v) is 15.9. The summed E-state index contributed by atoms with van der Waals surface area (Å²) in [6, 6.07) is 5.93. The number of thiophene rings is 1. The highest BCUT2D eigenvalue weighted by Crippen LogP contribution is 2.44. The summed E-state index contributed by atoms with van der Waals surface area (Å²) in [4.78, 5) is 14.0. The van der Waals surface area contributed by atoms with Crippen molar-refractivity contribution in [1.82, 2.24) is 4.31 Å². The molecule has 0 N–H and O–H groups in total. The molecule has 0 amide bonds. The zero-order chi connectivity index (χ0) is 17.1. The van der Waals surface area contributed by atoms with Gasteiger partial charge in [0, 0.05) is 16.8 Å². The smallest absolute Gasteiger partial charge is 0.345 e. The van der Waals surface area contributed by atoms with E-state index in [0.29, 0.717) is 12.1 Å². The largest absolute Gasteiger partial charge is 0.422 e. The first-order valence-electron chi connectivity index (χ1n) is 8.25. The van der Waals surface area contributed by atoms with Crippen molar-refractivity contribution in [2.75, 3.05) is 7.05 Å². The van der Waals surface area contributed by atoms with Gasteiger partial charge >= 0.3 is 5.63 Å². The topological polar surface area (TPSA) is 33.5 Å². The maximum atomic E-state index is 12.7. The second-order valence-corrected chi connectivity index (χ2v) is 9.33. The lowest BCUT2D eigenvalue weighted by Gasteiger charge is -2.29. The Bertz CT molecular complexity index is 998. The van der Waals surface area contributed by atoms with Gasteiger partial charge in [0.2, 0.25) is 0 Å². The van der Waals surface area contributed by atoms with Gasteiger partial charge in [0.1, 0.15) is 5.58 Å². The van der Waals surface area contributed by atoms with Crippen LogP contribution in [0.5, 0.6) is 0 Å². The molecule has 1 aliphatic carbocycles. The van der Waals surface area contributed by atoms with E-state index in [9.17, 15) is 4.79 Å². The van der Waals surface area contributed by atoms with Crippen LogP contribution in [-0.2, 0) is 19.4 Å². The summed E-state index contributed by atoms with van der Waals surface area (Å²) in [6.07, 6.45) is 3.17. The van der Waals surface area contributed by atoms with Gasteiger partial charge in [0.25, 0.3) is 0 Å². The molecular formula is C19H21NO2S2. The molecule has 1 aliphatic rings. The van der Waals surface area contributed by atoms with Gasteiger partial charge in [-0.05, 0) is 48.9 Å². The van der Waals surface area contributed by atoms with Crippen molar-refractivity contribution in [3.63, 3.8) is 0 Å². The highest BCUT2D eigenvalue weighted by molar-refractivity contribution is 7.77. The van der Waals surface area contributed by atoms with Gasteiger partial charge in [-0.2, -0.15) is 0 Å². The van der Waals surface area contributed by atoms with Gasteiger partial charge < -0.3 is 4.42 Å². The average Bonchev–Trinajstić information content (AvgIpc) is 2.84. The SMILES string of the molecule is CN(S)Cc1cccc2oc(=O)c3c4c(sc3c12)CCC(C)(C)C4. The van der Waals surface area contributed by atoms with Crippen LogP contribution in [0.25, 0.3) is 21.1 Å². The van der Waals surface area contributed by atoms with Gasteiger partial charge in [0.05, 0.1) is 10.1 Å². The molecule has 2 heterocycles. The summed E-state index contributed by atoms with van der Waals surface area (Å²) in [7, 11) is 1.93. The van der Waals surface area contributed by atoms with Crippen LogP contribution in [0.1, 0.15) is 36.3 Å². The Morgan fingerprint density at radius 3 is 2.88 bits per heavy atom. The van der Waals surface area contributed by atoms with Crippen LogP contribution in [0, 0.1) is 5.41 Å². The molecule has 2 aromatic heterocycles. The molecule has 0 fully saturated rings. The number of hydrogen-bond acceptors (Lipinski definition) is 5. The predicted octanol–water partition coefficient (Wildman–Crippen LogP) is 4.80. The van der Waals surface area contributed by atoms with Crippen molar-refractivity contribution in [3.05, 3.63) is 44.6 Å². The molecule has 0 bridgehead atoms. The van der Waals surface area contributed by atoms with Crippen LogP contribution in [0.4, 0.5) is 0 Å². The standard InChI is InChI=1S/C19H21NO2S2/c1-19(2)8-7-14-12(9-19)16-17(24-14)15-11(10-20(3)23)5-4-6-13(15)22-18(16)21/h4-6,23H,7-10H2,1-3H3. The van der Waals surface area contributed by atoms with E-state index in [4.69, 9.17) is 4.42 Å². The molecule has 0 radical (unpaired) electrons. The monoisotopic (exact) mass is 359 g/mol. The van der Waals surface area contributed by atoms with Crippen LogP contribution in [-0.4, -0.2) is 11.4 Å². The van der Waals surface area contributed by atoms with Gasteiger partial charge in [-0.1, -0.05) is 38.8 Å². The van der Waals surface area contributed by atoms with Gasteiger partial charge in [-0.15, -0.1) is 11.3 Å². The molecule has 24 heavy (non-hydrogen) atoms. The van der Waals surface area contributed by atoms with Crippen molar-refractivity contribution in [1.29, 1.82) is 0 Å². The van der Waals surface area contributed by atoms with E-state index >= 15 is 0 Å². The third-order valence-corrected chi connectivity index (χ3v) is 6.37. The lowest BCUT2D eigenvalue weighted by Crippen LogP contribution is -2.21. The summed E-state index contributed by atoms with van der Waals surface area (Å²) in [6.45, 7) is 5.27. The Labute approximate surface area is 150 Å². The first-order valence-corrected chi connectivity index (χ1v) is 9.46. The molecule has 0 saturated heterocycles. The molecule has 3 nitrogen and oxygen atoms in total. The Balaban J connectivity index is 2.08. The minimum atomic E-state index is -0.191. The summed E-state index contributed by atoms with van der Waals surface area (Å²) in [5.41, 5.74) is 3.10. The maximum absolute atomic E-state index is 12.7. The number of hydrogen-bond donors (Lipinski definition) is 1. The number of benzene rings is 1. The zero-order valence-electron chi connectivity index (χ0n) is 14.2. The second kappa shape index (κ2) is 5.61. The predicted molar refractivity (Wildman–Crippen MR) is 104 cm³/mol. The number of thiol groups is 1. The first kappa shape index (κ1) is 16.2. The summed E-state index contributed by atoms with van der Waals surface area (Å²) in [5, 5.41) is 1.88. The van der Waals surface area contributed by atoms with Crippen molar-refractivity contribution in [2.24, 2.45) is 5.41 Å². The highest BCUT2D eigenvalue weighted by Gasteiger charge is 2.30. The van der Waals surface area contributed by atoms with Crippen molar-refractivity contribution >= 4 is 45.2 Å². The molecule has 3 aromatic rings. The van der Waals surface area contributed by atoms with Crippen molar-refractivity contribution in [3.8, 4) is 0 Å². The number of rotatable bonds is 2. The van der Waals surface area contributed by atoms with E-state index in [2.05, 4.69) is 32.7 Å². The van der Waals surface area contributed by atoms with E-state index in [0.717, 1.165) is 33.9 Å². The molecular weight excluding hydrogens is 338 g/mol. The highest BCUT2D eigenvalue weighted by atomic mass is 32.1. The fourth-order valence-electron chi connectivity index (χ4n) is 3.76. The Hall–Kier alpha value is -1.30. The second-order valence-electron chi connectivity index (χ2n) is 7.54. The average molecular weight is 360 g/mol. The van der Waals surface area contributed by atoms with Crippen LogP contribution < -0.4 is 5.63 Å². The van der Waals surface area contributed by atoms with Crippen LogP contribution >= 0.6 is 24.2 Å². The molecule has 0 atom stereocenters. The maximum Gasteiger partial charge on any atom is 0.345 e. The lowest BCUT2D eigenvalue weighted by molar-refractivity contribution is 0.319. The molecule has 0 aliphatic heterocycles. The molecule has 4 rings (SSSR count). The normalized spacial score (nSPS) is 16.9. The summed E-state index contributed by atoms with van der Waals surface area (Å²) >= 11 is 6.17. The van der Waals surface area contributed by atoms with E-state index in [1.165, 1.54) is 16.9 Å². The third-order valence-electron chi connectivity index (χ3n) is 4.92. The fourth-order valence-corrected chi connectivity index (χ4v) is 5.30. The van der Waals surface area contributed by atoms with E-state index in [-0.39, 0.29) is 11.0 Å². The molecule has 0 spiro atoms. The number of aryl methyl sites for hydroxylation is 1. The van der Waals surface area contributed by atoms with Crippen LogP contribution in [0.15, 0.2) is 27.4 Å². The Kier molecular flexibility index (Phi) is 3.79. The fraction of sp³-hybridized carbons (Fsp3) is 0.421. The minimum absolute atomic E-state index is 0.191. The Morgan fingerprint density at radius 2 is 2.12 bits per heavy atom.